The highest BCUT2D eigenvalue weighted by Gasteiger charge is 2.16. The van der Waals surface area contributed by atoms with Gasteiger partial charge in [0.1, 0.15) is 0 Å². The van der Waals surface area contributed by atoms with E-state index in [4.69, 9.17) is 11.6 Å². The van der Waals surface area contributed by atoms with Crippen LogP contribution in [0, 0.1) is 13.8 Å². The van der Waals surface area contributed by atoms with Crippen molar-refractivity contribution in [2.24, 2.45) is 0 Å². The second-order valence-electron chi connectivity index (χ2n) is 6.76. The van der Waals surface area contributed by atoms with E-state index in [1.54, 1.807) is 18.6 Å². The zero-order chi connectivity index (χ0) is 20.4. The number of hydrogen-bond acceptors (Lipinski definition) is 3. The van der Waals surface area contributed by atoms with Crippen molar-refractivity contribution < 1.29 is 4.79 Å². The van der Waals surface area contributed by atoms with Crippen LogP contribution in [0.5, 0.6) is 0 Å². The molecule has 0 atom stereocenters. The molecule has 7 heteroatoms. The molecular formula is C22H20ClN5O. The summed E-state index contributed by atoms with van der Waals surface area (Å²) >= 11 is 6.37. The molecule has 4 rings (SSSR count). The van der Waals surface area contributed by atoms with Crippen LogP contribution >= 0.6 is 11.6 Å². The van der Waals surface area contributed by atoms with Crippen molar-refractivity contribution >= 4 is 23.2 Å². The van der Waals surface area contributed by atoms with E-state index in [1.807, 2.05) is 71.8 Å². The van der Waals surface area contributed by atoms with Crippen LogP contribution < -0.4 is 5.32 Å². The van der Waals surface area contributed by atoms with Crippen LogP contribution in [0.4, 0.5) is 5.69 Å². The van der Waals surface area contributed by atoms with Gasteiger partial charge >= 0.3 is 0 Å². The van der Waals surface area contributed by atoms with E-state index in [0.717, 1.165) is 28.3 Å². The Morgan fingerprint density at radius 3 is 2.62 bits per heavy atom. The Hall–Kier alpha value is -3.38. The topological polar surface area (TPSA) is 64.7 Å². The molecule has 0 aliphatic rings. The number of imidazole rings is 1. The minimum absolute atomic E-state index is 0.116. The second-order valence-corrected chi connectivity index (χ2v) is 7.17. The van der Waals surface area contributed by atoms with Gasteiger partial charge in [0, 0.05) is 29.3 Å². The van der Waals surface area contributed by atoms with E-state index in [0.29, 0.717) is 10.7 Å². The molecule has 0 unspecified atom stereocenters. The number of halogens is 1. The van der Waals surface area contributed by atoms with Gasteiger partial charge in [-0.05, 0) is 44.2 Å². The number of rotatable bonds is 5. The Bertz CT molecular complexity index is 1150. The molecule has 0 bridgehead atoms. The van der Waals surface area contributed by atoms with Crippen LogP contribution in [0.1, 0.15) is 17.0 Å². The van der Waals surface area contributed by atoms with Crippen LogP contribution in [-0.4, -0.2) is 25.2 Å². The molecule has 1 N–H and O–H groups in total. The predicted molar refractivity (Wildman–Crippen MR) is 114 cm³/mol. The fraction of sp³-hybridized carbons (Fsp3) is 0.136. The van der Waals surface area contributed by atoms with Gasteiger partial charge in [-0.2, -0.15) is 5.10 Å². The summed E-state index contributed by atoms with van der Waals surface area (Å²) in [5.74, 6) is -0.116. The molecule has 0 saturated carbocycles. The summed E-state index contributed by atoms with van der Waals surface area (Å²) in [7, 11) is 0. The number of benzene rings is 2. The third-order valence-corrected chi connectivity index (χ3v) is 5.10. The Morgan fingerprint density at radius 2 is 1.93 bits per heavy atom. The van der Waals surface area contributed by atoms with E-state index in [-0.39, 0.29) is 12.3 Å². The summed E-state index contributed by atoms with van der Waals surface area (Å²) in [4.78, 5) is 16.7. The molecule has 2 aromatic carbocycles. The normalized spacial score (nSPS) is 10.9. The molecule has 2 heterocycles. The van der Waals surface area contributed by atoms with Crippen molar-refractivity contribution in [2.45, 2.75) is 20.3 Å². The first-order valence-electron chi connectivity index (χ1n) is 9.21. The van der Waals surface area contributed by atoms with Crippen LogP contribution in [0.2, 0.25) is 5.02 Å². The molecule has 0 aliphatic heterocycles. The highest BCUT2D eigenvalue weighted by molar-refractivity contribution is 6.32. The summed E-state index contributed by atoms with van der Waals surface area (Å²) in [6.45, 7) is 3.90. The first-order chi connectivity index (χ1) is 14.0. The zero-order valence-corrected chi connectivity index (χ0v) is 16.9. The minimum atomic E-state index is -0.116. The molecule has 0 saturated heterocycles. The highest BCUT2D eigenvalue weighted by Crippen LogP contribution is 2.25. The second kappa shape index (κ2) is 7.93. The Morgan fingerprint density at radius 1 is 1.14 bits per heavy atom. The van der Waals surface area contributed by atoms with Gasteiger partial charge in [-0.1, -0.05) is 29.8 Å². The molecule has 29 heavy (non-hydrogen) atoms. The van der Waals surface area contributed by atoms with Gasteiger partial charge < -0.3 is 9.88 Å². The van der Waals surface area contributed by atoms with Crippen molar-refractivity contribution in [3.63, 3.8) is 0 Å². The van der Waals surface area contributed by atoms with Crippen molar-refractivity contribution in [3.05, 3.63) is 89.2 Å². The first kappa shape index (κ1) is 19.0. The molecule has 0 spiro atoms. The lowest BCUT2D eigenvalue weighted by Crippen LogP contribution is -2.15. The quantitative estimate of drug-likeness (QED) is 0.531. The minimum Gasteiger partial charge on any atom is -0.326 e. The van der Waals surface area contributed by atoms with Gasteiger partial charge in [0.05, 0.1) is 34.8 Å². The molecule has 4 aromatic rings. The Balaban J connectivity index is 1.51. The predicted octanol–water partition coefficient (Wildman–Crippen LogP) is 4.51. The highest BCUT2D eigenvalue weighted by atomic mass is 35.5. The molecule has 0 aliphatic carbocycles. The number of para-hydroxylation sites is 1. The fourth-order valence-corrected chi connectivity index (χ4v) is 3.59. The fourth-order valence-electron chi connectivity index (χ4n) is 3.31. The standard InChI is InChI=1S/C22H20ClN5O/c1-15-19(16(2)28(26-15)18-6-4-3-5-7-18)13-22(29)25-17-8-9-21(20(23)12-17)27-11-10-24-14-27/h3-12,14H,13H2,1-2H3,(H,25,29). The molecule has 6 nitrogen and oxygen atoms in total. The van der Waals surface area contributed by atoms with Gasteiger partial charge in [0.2, 0.25) is 5.91 Å². The summed E-state index contributed by atoms with van der Waals surface area (Å²) in [5, 5.41) is 8.06. The van der Waals surface area contributed by atoms with Crippen LogP contribution in [0.3, 0.4) is 0 Å². The molecule has 0 radical (unpaired) electrons. The van der Waals surface area contributed by atoms with Gasteiger partial charge in [0.25, 0.3) is 0 Å². The number of carbonyl (C=O) groups excluding carboxylic acids is 1. The molecular weight excluding hydrogens is 386 g/mol. The summed E-state index contributed by atoms with van der Waals surface area (Å²) in [5.41, 5.74) is 5.15. The Kier molecular flexibility index (Phi) is 5.18. The lowest BCUT2D eigenvalue weighted by Gasteiger charge is -2.10. The average molecular weight is 406 g/mol. The molecule has 146 valence electrons. The Labute approximate surface area is 173 Å². The van der Waals surface area contributed by atoms with Gasteiger partial charge in [0.15, 0.2) is 0 Å². The van der Waals surface area contributed by atoms with E-state index < -0.39 is 0 Å². The SMILES string of the molecule is Cc1nn(-c2ccccc2)c(C)c1CC(=O)Nc1ccc(-n2ccnc2)c(Cl)c1. The largest absolute Gasteiger partial charge is 0.326 e. The zero-order valence-electron chi connectivity index (χ0n) is 16.1. The van der Waals surface area contributed by atoms with Crippen LogP contribution in [-0.2, 0) is 11.2 Å². The number of aromatic nitrogens is 4. The lowest BCUT2D eigenvalue weighted by atomic mass is 10.1. The average Bonchev–Trinajstić information content (AvgIpc) is 3.33. The molecule has 0 fully saturated rings. The number of nitrogens with one attached hydrogen (secondary N) is 1. The summed E-state index contributed by atoms with van der Waals surface area (Å²) in [6, 6.07) is 15.3. The summed E-state index contributed by atoms with van der Waals surface area (Å²) in [6.07, 6.45) is 5.42. The van der Waals surface area contributed by atoms with Gasteiger partial charge in [-0.15, -0.1) is 0 Å². The maximum absolute atomic E-state index is 12.7. The lowest BCUT2D eigenvalue weighted by molar-refractivity contribution is -0.115. The van der Waals surface area contributed by atoms with Crippen molar-refractivity contribution in [3.8, 4) is 11.4 Å². The number of anilines is 1. The summed E-state index contributed by atoms with van der Waals surface area (Å²) < 4.78 is 3.69. The number of carbonyl (C=O) groups is 1. The van der Waals surface area contributed by atoms with Crippen LogP contribution in [0.25, 0.3) is 11.4 Å². The molecule has 1 amide bonds. The first-order valence-corrected chi connectivity index (χ1v) is 9.59. The smallest absolute Gasteiger partial charge is 0.228 e. The van der Waals surface area contributed by atoms with Gasteiger partial charge in [-0.25, -0.2) is 9.67 Å². The maximum Gasteiger partial charge on any atom is 0.228 e. The van der Waals surface area contributed by atoms with E-state index in [9.17, 15) is 4.79 Å². The van der Waals surface area contributed by atoms with Crippen LogP contribution in [0.15, 0.2) is 67.3 Å². The van der Waals surface area contributed by atoms with E-state index in [1.165, 1.54) is 0 Å². The van der Waals surface area contributed by atoms with Crippen molar-refractivity contribution in [2.75, 3.05) is 5.32 Å². The maximum atomic E-state index is 12.7. The van der Waals surface area contributed by atoms with E-state index in [2.05, 4.69) is 15.4 Å². The number of nitrogens with zero attached hydrogens (tertiary/aromatic N) is 4. The van der Waals surface area contributed by atoms with Crippen molar-refractivity contribution in [1.29, 1.82) is 0 Å². The molecule has 2 aromatic heterocycles. The number of amides is 1. The number of aryl methyl sites for hydroxylation is 1. The van der Waals surface area contributed by atoms with Crippen molar-refractivity contribution in [1.82, 2.24) is 19.3 Å². The van der Waals surface area contributed by atoms with E-state index >= 15 is 0 Å². The van der Waals surface area contributed by atoms with Gasteiger partial charge in [-0.3, -0.25) is 4.79 Å². The third-order valence-electron chi connectivity index (χ3n) is 4.79. The monoisotopic (exact) mass is 405 g/mol. The number of hydrogen-bond donors (Lipinski definition) is 1. The third kappa shape index (κ3) is 3.93.